The van der Waals surface area contributed by atoms with Gasteiger partial charge in [0.15, 0.2) is 0 Å². The van der Waals surface area contributed by atoms with Crippen molar-refractivity contribution in [2.75, 3.05) is 0 Å². The normalized spacial score (nSPS) is 21.9. The quantitative estimate of drug-likeness (QED) is 0.784. The van der Waals surface area contributed by atoms with Gasteiger partial charge in [-0.25, -0.2) is 0 Å². The van der Waals surface area contributed by atoms with Gasteiger partial charge in [0.05, 0.1) is 24.9 Å². The Labute approximate surface area is 97.9 Å². The van der Waals surface area contributed by atoms with E-state index in [4.69, 9.17) is 4.74 Å². The zero-order chi connectivity index (χ0) is 10.3. The molecular weight excluding hydrogens is 256 g/mol. The molecule has 1 fully saturated rings. The summed E-state index contributed by atoms with van der Waals surface area (Å²) in [5, 5.41) is 4.66. The topological polar surface area (TPSA) is 27.1 Å². The van der Waals surface area contributed by atoms with E-state index in [0.717, 1.165) is 16.9 Å². The first-order valence-electron chi connectivity index (χ1n) is 5.70. The molecule has 1 aromatic rings. The number of halogens is 1. The largest absolute Gasteiger partial charge is 0.370 e. The van der Waals surface area contributed by atoms with Crippen LogP contribution in [0.1, 0.15) is 49.4 Å². The summed E-state index contributed by atoms with van der Waals surface area (Å²) < 4.78 is 8.71. The van der Waals surface area contributed by atoms with E-state index in [9.17, 15) is 0 Å². The van der Waals surface area contributed by atoms with E-state index in [2.05, 4.69) is 25.7 Å². The zero-order valence-electron chi connectivity index (χ0n) is 8.71. The summed E-state index contributed by atoms with van der Waals surface area (Å²) in [4.78, 5) is 0. The molecule has 0 N–H and O–H groups in total. The minimum atomic E-state index is 0.610. The van der Waals surface area contributed by atoms with Gasteiger partial charge in [-0.2, -0.15) is 5.10 Å². The van der Waals surface area contributed by atoms with Crippen LogP contribution in [-0.4, -0.2) is 9.78 Å². The van der Waals surface area contributed by atoms with Crippen molar-refractivity contribution >= 4 is 15.9 Å². The number of fused-ring (bicyclic) bond motifs is 1. The van der Waals surface area contributed by atoms with Crippen LogP contribution in [0.25, 0.3) is 0 Å². The van der Waals surface area contributed by atoms with Gasteiger partial charge in [0.1, 0.15) is 4.60 Å². The maximum atomic E-state index is 5.37. The predicted octanol–water partition coefficient (Wildman–Crippen LogP) is 3.18. The summed E-state index contributed by atoms with van der Waals surface area (Å²) in [5.74, 6) is 0. The Morgan fingerprint density at radius 2 is 2.00 bits per heavy atom. The Bertz CT molecular complexity index is 369. The van der Waals surface area contributed by atoms with Crippen molar-refractivity contribution in [2.45, 2.75) is 51.4 Å². The fourth-order valence-corrected chi connectivity index (χ4v) is 3.28. The molecule has 0 unspecified atom stereocenters. The third-order valence-corrected chi connectivity index (χ3v) is 4.27. The molecule has 1 saturated carbocycles. The molecule has 4 heteroatoms. The highest BCUT2D eigenvalue weighted by Gasteiger charge is 2.25. The molecule has 0 bridgehead atoms. The van der Waals surface area contributed by atoms with E-state index >= 15 is 0 Å². The van der Waals surface area contributed by atoms with Crippen LogP contribution in [0, 0.1) is 0 Å². The van der Waals surface area contributed by atoms with E-state index in [1.165, 1.54) is 37.7 Å². The molecular formula is C11H15BrN2O. The van der Waals surface area contributed by atoms with Gasteiger partial charge in [0, 0.05) is 5.56 Å². The molecule has 2 aliphatic rings. The van der Waals surface area contributed by atoms with Gasteiger partial charge < -0.3 is 4.74 Å². The molecule has 0 amide bonds. The second kappa shape index (κ2) is 3.91. The molecule has 15 heavy (non-hydrogen) atoms. The molecule has 0 spiro atoms. The third kappa shape index (κ3) is 1.64. The lowest BCUT2D eigenvalue weighted by atomic mass is 9.96. The molecule has 1 aromatic heterocycles. The average Bonchev–Trinajstić information content (AvgIpc) is 2.83. The van der Waals surface area contributed by atoms with Crippen LogP contribution in [0.15, 0.2) is 4.60 Å². The standard InChI is InChI=1S/C11H15BrN2O/c12-11-9-6-15-7-10(9)13-14(11)8-4-2-1-3-5-8/h8H,1-7H2. The maximum absolute atomic E-state index is 5.37. The van der Waals surface area contributed by atoms with Crippen LogP contribution in [-0.2, 0) is 18.0 Å². The molecule has 0 aromatic carbocycles. The minimum Gasteiger partial charge on any atom is -0.370 e. The molecule has 3 nitrogen and oxygen atoms in total. The fraction of sp³-hybridized carbons (Fsp3) is 0.727. The van der Waals surface area contributed by atoms with Crippen molar-refractivity contribution in [1.29, 1.82) is 0 Å². The van der Waals surface area contributed by atoms with Crippen LogP contribution < -0.4 is 0 Å². The monoisotopic (exact) mass is 270 g/mol. The van der Waals surface area contributed by atoms with Gasteiger partial charge in [-0.1, -0.05) is 19.3 Å². The Balaban J connectivity index is 1.91. The summed E-state index contributed by atoms with van der Waals surface area (Å²) in [6, 6.07) is 0.610. The highest BCUT2D eigenvalue weighted by molar-refractivity contribution is 9.10. The summed E-state index contributed by atoms with van der Waals surface area (Å²) in [5.41, 5.74) is 2.40. The highest BCUT2D eigenvalue weighted by Crippen LogP contribution is 2.34. The van der Waals surface area contributed by atoms with Gasteiger partial charge in [0.2, 0.25) is 0 Å². The number of hydrogen-bond donors (Lipinski definition) is 0. The molecule has 2 heterocycles. The Morgan fingerprint density at radius 3 is 2.73 bits per heavy atom. The van der Waals surface area contributed by atoms with Crippen molar-refractivity contribution in [3.63, 3.8) is 0 Å². The molecule has 1 aliphatic heterocycles. The lowest BCUT2D eigenvalue weighted by molar-refractivity contribution is 0.129. The highest BCUT2D eigenvalue weighted by atomic mass is 79.9. The SMILES string of the molecule is Brc1c2c(nn1C1CCCCC1)COC2. The molecule has 82 valence electrons. The van der Waals surface area contributed by atoms with Crippen LogP contribution >= 0.6 is 15.9 Å². The lowest BCUT2D eigenvalue weighted by Gasteiger charge is -2.23. The summed E-state index contributed by atoms with van der Waals surface area (Å²) >= 11 is 3.66. The van der Waals surface area contributed by atoms with E-state index in [1.807, 2.05) is 0 Å². The molecule has 3 rings (SSSR count). The van der Waals surface area contributed by atoms with Crippen LogP contribution in [0.2, 0.25) is 0 Å². The third-order valence-electron chi connectivity index (χ3n) is 3.43. The molecule has 1 aliphatic carbocycles. The smallest absolute Gasteiger partial charge is 0.110 e. The molecule has 0 saturated heterocycles. The summed E-state index contributed by atoms with van der Waals surface area (Å²) in [7, 11) is 0. The van der Waals surface area contributed by atoms with Crippen molar-refractivity contribution in [2.24, 2.45) is 0 Å². The Morgan fingerprint density at radius 1 is 1.20 bits per heavy atom. The number of ether oxygens (including phenoxy) is 1. The van der Waals surface area contributed by atoms with Crippen LogP contribution in [0.3, 0.4) is 0 Å². The van der Waals surface area contributed by atoms with E-state index in [1.54, 1.807) is 0 Å². The van der Waals surface area contributed by atoms with Gasteiger partial charge >= 0.3 is 0 Å². The van der Waals surface area contributed by atoms with Gasteiger partial charge in [-0.05, 0) is 28.8 Å². The second-order valence-electron chi connectivity index (χ2n) is 4.45. The van der Waals surface area contributed by atoms with Crippen LogP contribution in [0.5, 0.6) is 0 Å². The van der Waals surface area contributed by atoms with Gasteiger partial charge in [-0.3, -0.25) is 4.68 Å². The Hall–Kier alpha value is -0.350. The zero-order valence-corrected chi connectivity index (χ0v) is 10.3. The first kappa shape index (κ1) is 9.85. The number of nitrogens with zero attached hydrogens (tertiary/aromatic N) is 2. The van der Waals surface area contributed by atoms with Crippen molar-refractivity contribution in [1.82, 2.24) is 9.78 Å². The van der Waals surface area contributed by atoms with Crippen molar-refractivity contribution in [3.8, 4) is 0 Å². The lowest BCUT2D eigenvalue weighted by Crippen LogP contribution is -2.15. The fourth-order valence-electron chi connectivity index (χ4n) is 2.57. The molecule has 0 radical (unpaired) electrons. The number of aromatic nitrogens is 2. The first-order valence-corrected chi connectivity index (χ1v) is 6.49. The Kier molecular flexibility index (Phi) is 2.56. The first-order chi connectivity index (χ1) is 7.36. The number of rotatable bonds is 1. The summed E-state index contributed by atoms with van der Waals surface area (Å²) in [6.45, 7) is 1.41. The minimum absolute atomic E-state index is 0.610. The van der Waals surface area contributed by atoms with E-state index in [-0.39, 0.29) is 0 Å². The maximum Gasteiger partial charge on any atom is 0.110 e. The molecule has 0 atom stereocenters. The number of hydrogen-bond acceptors (Lipinski definition) is 2. The van der Waals surface area contributed by atoms with Gasteiger partial charge in [0.25, 0.3) is 0 Å². The van der Waals surface area contributed by atoms with E-state index < -0.39 is 0 Å². The average molecular weight is 271 g/mol. The van der Waals surface area contributed by atoms with Crippen LogP contribution in [0.4, 0.5) is 0 Å². The second-order valence-corrected chi connectivity index (χ2v) is 5.20. The van der Waals surface area contributed by atoms with Crippen molar-refractivity contribution < 1.29 is 4.74 Å². The summed E-state index contributed by atoms with van der Waals surface area (Å²) in [6.07, 6.45) is 6.63. The predicted molar refractivity (Wildman–Crippen MR) is 60.5 cm³/mol. The van der Waals surface area contributed by atoms with E-state index in [0.29, 0.717) is 12.6 Å². The van der Waals surface area contributed by atoms with Gasteiger partial charge in [-0.15, -0.1) is 0 Å². The van der Waals surface area contributed by atoms with Crippen molar-refractivity contribution in [3.05, 3.63) is 15.9 Å².